The molecule has 0 saturated heterocycles. The van der Waals surface area contributed by atoms with Gasteiger partial charge in [-0.3, -0.25) is 4.90 Å². The molecule has 0 rings (SSSR count). The minimum atomic E-state index is -0.210. The van der Waals surface area contributed by atoms with E-state index in [2.05, 4.69) is 39.6 Å². The molecule has 4 nitrogen and oxygen atoms in total. The Hall–Kier alpha value is -0.160. The Balaban J connectivity index is 4.88. The number of rotatable bonds is 8. The van der Waals surface area contributed by atoms with E-state index in [0.717, 1.165) is 12.8 Å². The molecule has 0 heterocycles. The first-order valence-corrected chi connectivity index (χ1v) is 6.27. The third-order valence-corrected chi connectivity index (χ3v) is 4.15. The number of nitrogens with zero attached hydrogens (tertiary/aromatic N) is 1. The van der Waals surface area contributed by atoms with Gasteiger partial charge in [-0.1, -0.05) is 6.92 Å². The first kappa shape index (κ1) is 16.8. The molecular weight excluding hydrogens is 216 g/mol. The van der Waals surface area contributed by atoms with Crippen LogP contribution in [0.25, 0.3) is 0 Å². The van der Waals surface area contributed by atoms with E-state index in [1.54, 1.807) is 14.2 Å². The maximum Gasteiger partial charge on any atom is 0.158 e. The zero-order valence-electron chi connectivity index (χ0n) is 12.5. The van der Waals surface area contributed by atoms with Gasteiger partial charge >= 0.3 is 0 Å². The molecule has 1 atom stereocenters. The van der Waals surface area contributed by atoms with Crippen LogP contribution in [0.4, 0.5) is 0 Å². The monoisotopic (exact) mass is 246 g/mol. The van der Waals surface area contributed by atoms with Crippen LogP contribution in [0.2, 0.25) is 0 Å². The van der Waals surface area contributed by atoms with Crippen LogP contribution in [0.15, 0.2) is 0 Å². The van der Waals surface area contributed by atoms with Crippen molar-refractivity contribution in [3.05, 3.63) is 0 Å². The number of likely N-dealkylation sites (N-methyl/N-ethyl adjacent to an activating group) is 1. The van der Waals surface area contributed by atoms with Crippen LogP contribution in [-0.4, -0.2) is 50.1 Å². The van der Waals surface area contributed by atoms with Crippen LogP contribution in [-0.2, 0) is 9.47 Å². The van der Waals surface area contributed by atoms with E-state index in [-0.39, 0.29) is 17.4 Å². The van der Waals surface area contributed by atoms with Crippen molar-refractivity contribution in [2.75, 3.05) is 27.8 Å². The highest BCUT2D eigenvalue weighted by Crippen LogP contribution is 2.29. The summed E-state index contributed by atoms with van der Waals surface area (Å²) < 4.78 is 10.6. The summed E-state index contributed by atoms with van der Waals surface area (Å²) >= 11 is 0. The van der Waals surface area contributed by atoms with Crippen LogP contribution in [0, 0.1) is 0 Å². The predicted molar refractivity (Wildman–Crippen MR) is 72.0 cm³/mol. The third kappa shape index (κ3) is 4.21. The molecule has 0 aromatic heterocycles. The van der Waals surface area contributed by atoms with Gasteiger partial charge in [0, 0.05) is 38.3 Å². The number of ether oxygens (including phenoxy) is 2. The van der Waals surface area contributed by atoms with Gasteiger partial charge < -0.3 is 15.2 Å². The summed E-state index contributed by atoms with van der Waals surface area (Å²) in [6.07, 6.45) is 1.62. The van der Waals surface area contributed by atoms with Gasteiger partial charge in [0.25, 0.3) is 0 Å². The molecule has 0 radical (unpaired) electrons. The zero-order chi connectivity index (χ0) is 13.7. The molecule has 0 spiro atoms. The molecule has 4 heteroatoms. The van der Waals surface area contributed by atoms with Crippen LogP contribution in [0.5, 0.6) is 0 Å². The van der Waals surface area contributed by atoms with Crippen LogP contribution < -0.4 is 5.73 Å². The molecule has 17 heavy (non-hydrogen) atoms. The number of nitrogens with two attached hydrogens (primary N) is 1. The summed E-state index contributed by atoms with van der Waals surface area (Å²) in [6, 6.07) is 0. The largest absolute Gasteiger partial charge is 0.356 e. The Kier molecular flexibility index (Phi) is 6.62. The summed E-state index contributed by atoms with van der Waals surface area (Å²) in [5.74, 6) is 0. The highest BCUT2D eigenvalue weighted by atomic mass is 16.7. The Bertz CT molecular complexity index is 217. The van der Waals surface area contributed by atoms with Crippen molar-refractivity contribution in [2.45, 2.75) is 57.9 Å². The van der Waals surface area contributed by atoms with Crippen molar-refractivity contribution in [3.63, 3.8) is 0 Å². The van der Waals surface area contributed by atoms with Gasteiger partial charge in [-0.05, 0) is 34.2 Å². The Morgan fingerprint density at radius 3 is 1.94 bits per heavy atom. The van der Waals surface area contributed by atoms with E-state index in [1.165, 1.54) is 0 Å². The number of methoxy groups -OCH3 is 2. The van der Waals surface area contributed by atoms with E-state index in [1.807, 2.05) is 0 Å². The van der Waals surface area contributed by atoms with E-state index < -0.39 is 0 Å². The molecule has 0 bridgehead atoms. The third-order valence-electron chi connectivity index (χ3n) is 4.15. The van der Waals surface area contributed by atoms with Crippen molar-refractivity contribution in [1.29, 1.82) is 0 Å². The van der Waals surface area contributed by atoms with Gasteiger partial charge in [-0.2, -0.15) is 0 Å². The molecule has 0 amide bonds. The summed E-state index contributed by atoms with van der Waals surface area (Å²) in [5.41, 5.74) is 5.95. The van der Waals surface area contributed by atoms with E-state index in [4.69, 9.17) is 15.2 Å². The molecule has 104 valence electrons. The molecule has 0 aliphatic carbocycles. The highest BCUT2D eigenvalue weighted by molar-refractivity contribution is 4.94. The lowest BCUT2D eigenvalue weighted by atomic mass is 9.88. The molecule has 0 aliphatic heterocycles. The Labute approximate surface area is 106 Å². The van der Waals surface area contributed by atoms with Crippen molar-refractivity contribution >= 4 is 0 Å². The maximum atomic E-state index is 5.96. The first-order valence-electron chi connectivity index (χ1n) is 6.27. The van der Waals surface area contributed by atoms with Gasteiger partial charge in [0.15, 0.2) is 6.29 Å². The summed E-state index contributed by atoms with van der Waals surface area (Å²) in [5, 5.41) is 0. The average Bonchev–Trinajstić information content (AvgIpc) is 2.34. The van der Waals surface area contributed by atoms with Gasteiger partial charge in [0.2, 0.25) is 0 Å². The van der Waals surface area contributed by atoms with Crippen LogP contribution in [0.3, 0.4) is 0 Å². The highest BCUT2D eigenvalue weighted by Gasteiger charge is 2.38. The van der Waals surface area contributed by atoms with E-state index in [9.17, 15) is 0 Å². The molecule has 0 saturated carbocycles. The standard InChI is InChI=1S/C13H30N2O2/c1-8-12(2,3)15(5)13(4,10-14)9-11(16-6)17-7/h11H,8-10,14H2,1-7H3. The Morgan fingerprint density at radius 2 is 1.65 bits per heavy atom. The molecule has 2 N–H and O–H groups in total. The van der Waals surface area contributed by atoms with Crippen LogP contribution >= 0.6 is 0 Å². The van der Waals surface area contributed by atoms with Crippen molar-refractivity contribution < 1.29 is 9.47 Å². The fourth-order valence-corrected chi connectivity index (χ4v) is 1.95. The minimum Gasteiger partial charge on any atom is -0.356 e. The topological polar surface area (TPSA) is 47.7 Å². The number of hydrogen-bond donors (Lipinski definition) is 1. The second-order valence-corrected chi connectivity index (χ2v) is 5.53. The smallest absolute Gasteiger partial charge is 0.158 e. The summed E-state index contributed by atoms with van der Waals surface area (Å²) in [6.45, 7) is 9.40. The molecule has 0 aromatic rings. The van der Waals surface area contributed by atoms with E-state index in [0.29, 0.717) is 6.54 Å². The fourth-order valence-electron chi connectivity index (χ4n) is 1.95. The zero-order valence-corrected chi connectivity index (χ0v) is 12.5. The second kappa shape index (κ2) is 6.69. The number of hydrogen-bond acceptors (Lipinski definition) is 4. The van der Waals surface area contributed by atoms with Gasteiger partial charge in [0.05, 0.1) is 0 Å². The van der Waals surface area contributed by atoms with Gasteiger partial charge in [-0.25, -0.2) is 0 Å². The van der Waals surface area contributed by atoms with Crippen molar-refractivity contribution in [3.8, 4) is 0 Å². The summed E-state index contributed by atoms with van der Waals surface area (Å²) in [7, 11) is 5.45. The summed E-state index contributed by atoms with van der Waals surface area (Å²) in [4.78, 5) is 2.34. The lowest BCUT2D eigenvalue weighted by Gasteiger charge is -2.48. The lowest BCUT2D eigenvalue weighted by Crippen LogP contribution is -2.59. The fraction of sp³-hybridized carbons (Fsp3) is 1.00. The molecule has 0 fully saturated rings. The molecular formula is C13H30N2O2. The van der Waals surface area contributed by atoms with E-state index >= 15 is 0 Å². The predicted octanol–water partition coefficient (Wildman–Crippen LogP) is 1.83. The quantitative estimate of drug-likeness (QED) is 0.664. The van der Waals surface area contributed by atoms with Crippen LogP contribution in [0.1, 0.15) is 40.5 Å². The average molecular weight is 246 g/mol. The molecule has 0 aromatic carbocycles. The molecule has 0 aliphatic rings. The Morgan fingerprint density at radius 1 is 1.18 bits per heavy atom. The lowest BCUT2D eigenvalue weighted by molar-refractivity contribution is -0.134. The molecule has 1 unspecified atom stereocenters. The van der Waals surface area contributed by atoms with Gasteiger partial charge in [-0.15, -0.1) is 0 Å². The van der Waals surface area contributed by atoms with Crippen molar-refractivity contribution in [1.82, 2.24) is 4.90 Å². The van der Waals surface area contributed by atoms with Crippen molar-refractivity contribution in [2.24, 2.45) is 5.73 Å². The minimum absolute atomic E-state index is 0.111. The SMILES string of the molecule is CCC(C)(C)N(C)C(C)(CN)CC(OC)OC. The first-order chi connectivity index (χ1) is 7.77. The van der Waals surface area contributed by atoms with Gasteiger partial charge in [0.1, 0.15) is 0 Å². The normalized spacial score (nSPS) is 16.6. The maximum absolute atomic E-state index is 5.96. The second-order valence-electron chi connectivity index (χ2n) is 5.53.